The van der Waals surface area contributed by atoms with E-state index in [-0.39, 0.29) is 49.5 Å². The number of nitrogens with two attached hydrogens (primary N) is 1. The predicted molar refractivity (Wildman–Crippen MR) is 157 cm³/mol. The molecule has 0 saturated heterocycles. The van der Waals surface area contributed by atoms with E-state index in [9.17, 15) is 23.7 Å². The molecule has 2 heterocycles. The second kappa shape index (κ2) is 13.6. The Kier molecular flexibility index (Phi) is 9.90. The van der Waals surface area contributed by atoms with Crippen molar-refractivity contribution in [2.75, 3.05) is 32.2 Å². The van der Waals surface area contributed by atoms with E-state index in [0.29, 0.717) is 19.3 Å². The molecule has 1 saturated carbocycles. The molecule has 230 valence electrons. The van der Waals surface area contributed by atoms with E-state index >= 15 is 0 Å². The largest absolute Gasteiger partial charge is 0.472 e. The van der Waals surface area contributed by atoms with Gasteiger partial charge in [-0.3, -0.25) is 27.9 Å². The molecule has 16 heteroatoms. The maximum Gasteiger partial charge on any atom is 0.472 e. The molecule has 43 heavy (non-hydrogen) atoms. The molecule has 4 aromatic rings. The summed E-state index contributed by atoms with van der Waals surface area (Å²) in [5.41, 5.74) is 7.43. The first-order valence-electron chi connectivity index (χ1n) is 13.6. The van der Waals surface area contributed by atoms with Crippen molar-refractivity contribution in [3.63, 3.8) is 0 Å². The Morgan fingerprint density at radius 1 is 0.884 bits per heavy atom. The molecule has 5 rings (SSSR count). The molecule has 0 amide bonds. The van der Waals surface area contributed by atoms with Gasteiger partial charge in [0.05, 0.1) is 32.8 Å². The number of nitrogens with one attached hydrogen (secondary N) is 1. The van der Waals surface area contributed by atoms with Crippen LogP contribution in [0.15, 0.2) is 71.8 Å². The molecule has 1 aliphatic rings. The summed E-state index contributed by atoms with van der Waals surface area (Å²) in [4.78, 5) is 43.6. The third kappa shape index (κ3) is 8.26. The van der Waals surface area contributed by atoms with Gasteiger partial charge in [0.25, 0.3) is 5.56 Å². The number of nitrogen functional groups attached to an aromatic ring is 1. The van der Waals surface area contributed by atoms with E-state index in [1.807, 2.05) is 60.7 Å². The van der Waals surface area contributed by atoms with Crippen LogP contribution in [0.25, 0.3) is 11.2 Å². The Morgan fingerprint density at radius 2 is 1.44 bits per heavy atom. The highest BCUT2D eigenvalue weighted by Crippen LogP contribution is 2.52. The quantitative estimate of drug-likeness (QED) is 0.139. The number of phosphoric ester groups is 2. The standard InChI is InChI=1S/C27H33N5O9P2/c28-27-30-25-24(26(33)31-27)29-18-32(25)23-15-21(16-40-42(34,35)38-13-11-19-7-3-1-4-8-19)22(23)17-41-43(36,37)39-14-12-20-9-5-2-6-10-20/h1-10,18,21-23H,11-17H2,(H,34,35)(H,36,37)(H3,28,30,31,33). The fourth-order valence-electron chi connectivity index (χ4n) is 5.01. The zero-order chi connectivity index (χ0) is 30.5. The molecule has 0 spiro atoms. The van der Waals surface area contributed by atoms with Crippen molar-refractivity contribution in [2.45, 2.75) is 25.3 Å². The number of fused-ring (bicyclic) bond motifs is 1. The summed E-state index contributed by atoms with van der Waals surface area (Å²) in [6.45, 7) is -0.489. The third-order valence-electron chi connectivity index (χ3n) is 7.31. The van der Waals surface area contributed by atoms with Crippen LogP contribution in [0.2, 0.25) is 0 Å². The number of hydrogen-bond donors (Lipinski definition) is 4. The molecular weight excluding hydrogens is 600 g/mol. The van der Waals surface area contributed by atoms with Crippen LogP contribution >= 0.6 is 15.6 Å². The minimum absolute atomic E-state index is 0.0195. The van der Waals surface area contributed by atoms with Gasteiger partial charge < -0.3 is 20.1 Å². The predicted octanol–water partition coefficient (Wildman–Crippen LogP) is 3.63. The van der Waals surface area contributed by atoms with Crippen LogP contribution in [0, 0.1) is 11.8 Å². The first-order chi connectivity index (χ1) is 20.6. The van der Waals surface area contributed by atoms with Gasteiger partial charge in [-0.1, -0.05) is 60.7 Å². The maximum absolute atomic E-state index is 12.7. The zero-order valence-corrected chi connectivity index (χ0v) is 24.9. The fourth-order valence-corrected chi connectivity index (χ4v) is 6.55. The molecule has 2 aromatic carbocycles. The van der Waals surface area contributed by atoms with Gasteiger partial charge in [0.1, 0.15) is 0 Å². The number of phosphoric acid groups is 2. The van der Waals surface area contributed by atoms with Gasteiger partial charge in [-0.25, -0.2) is 14.1 Å². The van der Waals surface area contributed by atoms with Crippen molar-refractivity contribution in [3.05, 3.63) is 88.5 Å². The minimum Gasteiger partial charge on any atom is -0.369 e. The normalized spacial score (nSPS) is 21.2. The monoisotopic (exact) mass is 633 g/mol. The molecule has 0 radical (unpaired) electrons. The molecule has 1 fully saturated rings. The van der Waals surface area contributed by atoms with Crippen LogP contribution in [-0.4, -0.2) is 55.7 Å². The van der Waals surface area contributed by atoms with Crippen molar-refractivity contribution in [2.24, 2.45) is 11.8 Å². The van der Waals surface area contributed by atoms with Gasteiger partial charge in [-0.05, 0) is 36.3 Å². The van der Waals surface area contributed by atoms with Crippen molar-refractivity contribution >= 4 is 32.8 Å². The summed E-state index contributed by atoms with van der Waals surface area (Å²) in [5, 5.41) is 0. The number of anilines is 1. The smallest absolute Gasteiger partial charge is 0.369 e. The van der Waals surface area contributed by atoms with E-state index < -0.39 is 33.2 Å². The molecule has 5 atom stereocenters. The zero-order valence-electron chi connectivity index (χ0n) is 23.1. The summed E-state index contributed by atoms with van der Waals surface area (Å²) in [6.07, 6.45) is 2.67. The van der Waals surface area contributed by atoms with Crippen LogP contribution in [0.5, 0.6) is 0 Å². The molecular formula is C27H33N5O9P2. The van der Waals surface area contributed by atoms with Crippen molar-refractivity contribution in [3.8, 4) is 0 Å². The summed E-state index contributed by atoms with van der Waals surface area (Å²) in [5.74, 6) is -0.960. The van der Waals surface area contributed by atoms with Crippen LogP contribution in [0.1, 0.15) is 23.6 Å². The molecule has 0 bridgehead atoms. The first-order valence-corrected chi connectivity index (χ1v) is 16.6. The van der Waals surface area contributed by atoms with Crippen molar-refractivity contribution in [1.82, 2.24) is 19.5 Å². The third-order valence-corrected chi connectivity index (χ3v) is 9.28. The van der Waals surface area contributed by atoms with Gasteiger partial charge in [0.2, 0.25) is 5.95 Å². The highest BCUT2D eigenvalue weighted by Gasteiger charge is 2.45. The van der Waals surface area contributed by atoms with Gasteiger partial charge in [-0.2, -0.15) is 4.98 Å². The number of hydrogen-bond acceptors (Lipinski definition) is 10. The van der Waals surface area contributed by atoms with Crippen LogP contribution in [0.4, 0.5) is 5.95 Å². The Hall–Kier alpha value is -3.19. The second-order valence-corrected chi connectivity index (χ2v) is 13.1. The Morgan fingerprint density at radius 3 is 2.02 bits per heavy atom. The van der Waals surface area contributed by atoms with E-state index in [1.54, 1.807) is 4.57 Å². The van der Waals surface area contributed by atoms with Crippen LogP contribution < -0.4 is 11.3 Å². The van der Waals surface area contributed by atoms with Crippen LogP contribution in [0.3, 0.4) is 0 Å². The molecule has 5 unspecified atom stereocenters. The van der Waals surface area contributed by atoms with Crippen LogP contribution in [-0.2, 0) is 40.1 Å². The minimum atomic E-state index is -4.44. The highest BCUT2D eigenvalue weighted by atomic mass is 31.2. The summed E-state index contributed by atoms with van der Waals surface area (Å²) in [6, 6.07) is 18.3. The summed E-state index contributed by atoms with van der Waals surface area (Å²) < 4.78 is 47.9. The average Bonchev–Trinajstić information content (AvgIpc) is 3.37. The fraction of sp³-hybridized carbons (Fsp3) is 0.370. The molecule has 14 nitrogen and oxygen atoms in total. The molecule has 5 N–H and O–H groups in total. The van der Waals surface area contributed by atoms with E-state index in [0.717, 1.165) is 11.1 Å². The molecule has 0 aliphatic heterocycles. The highest BCUT2D eigenvalue weighted by molar-refractivity contribution is 7.47. The number of benzene rings is 2. The van der Waals surface area contributed by atoms with E-state index in [2.05, 4.69) is 15.0 Å². The number of aromatic amines is 1. The Balaban J connectivity index is 1.23. The lowest BCUT2D eigenvalue weighted by Gasteiger charge is -2.45. The second-order valence-electron chi connectivity index (χ2n) is 10.2. The lowest BCUT2D eigenvalue weighted by atomic mass is 9.70. The number of aromatic nitrogens is 4. The number of imidazole rings is 1. The molecule has 2 aromatic heterocycles. The topological polar surface area (TPSA) is 201 Å². The van der Waals surface area contributed by atoms with Gasteiger partial charge >= 0.3 is 15.6 Å². The van der Waals surface area contributed by atoms with Gasteiger partial charge in [-0.15, -0.1) is 0 Å². The number of H-pyrrole nitrogens is 1. The Bertz CT molecular complexity index is 1670. The summed E-state index contributed by atoms with van der Waals surface area (Å²) in [7, 11) is -8.82. The summed E-state index contributed by atoms with van der Waals surface area (Å²) >= 11 is 0. The van der Waals surface area contributed by atoms with Crippen molar-refractivity contribution in [1.29, 1.82) is 0 Å². The average molecular weight is 634 g/mol. The number of rotatable bonds is 15. The van der Waals surface area contributed by atoms with Gasteiger partial charge in [0.15, 0.2) is 11.2 Å². The van der Waals surface area contributed by atoms with E-state index in [4.69, 9.17) is 23.8 Å². The molecule has 1 aliphatic carbocycles. The van der Waals surface area contributed by atoms with Gasteiger partial charge in [0, 0.05) is 12.0 Å². The van der Waals surface area contributed by atoms with E-state index in [1.165, 1.54) is 6.33 Å². The lowest BCUT2D eigenvalue weighted by molar-refractivity contribution is -0.0105. The first kappa shape index (κ1) is 31.2. The lowest BCUT2D eigenvalue weighted by Crippen LogP contribution is -2.43. The van der Waals surface area contributed by atoms with Crippen molar-refractivity contribution < 1.29 is 37.0 Å². The number of nitrogens with zero attached hydrogens (tertiary/aromatic N) is 3. The Labute approximate surface area is 247 Å². The maximum atomic E-state index is 12.7. The SMILES string of the molecule is Nc1nc2c(ncn2C2CC(COP(=O)(O)OCCc3ccccc3)C2COP(=O)(O)OCCc2ccccc2)c(=O)[nH]1.